The summed E-state index contributed by atoms with van der Waals surface area (Å²) in [6.07, 6.45) is 3.71. The summed E-state index contributed by atoms with van der Waals surface area (Å²) in [5.74, 6) is 0.750. The van der Waals surface area contributed by atoms with Gasteiger partial charge in [-0.2, -0.15) is 0 Å². The summed E-state index contributed by atoms with van der Waals surface area (Å²) >= 11 is 0. The van der Waals surface area contributed by atoms with E-state index in [1.807, 2.05) is 36.4 Å². The minimum Gasteiger partial charge on any atom is -0.490 e. The lowest BCUT2D eigenvalue weighted by molar-refractivity contribution is 0.0984. The van der Waals surface area contributed by atoms with Crippen LogP contribution in [0.15, 0.2) is 53.8 Å². The summed E-state index contributed by atoms with van der Waals surface area (Å²) < 4.78 is 6.01. The van der Waals surface area contributed by atoms with Crippen LogP contribution < -0.4 is 4.74 Å². The van der Waals surface area contributed by atoms with Crippen molar-refractivity contribution in [3.63, 3.8) is 0 Å². The molecule has 1 aliphatic carbocycles. The summed E-state index contributed by atoms with van der Waals surface area (Å²) in [6.45, 7) is 2.06. The number of aromatic amines is 1. The number of azide groups is 1. The van der Waals surface area contributed by atoms with Crippen LogP contribution in [0.25, 0.3) is 21.3 Å². The highest BCUT2D eigenvalue weighted by Crippen LogP contribution is 2.40. The van der Waals surface area contributed by atoms with Gasteiger partial charge < -0.3 is 9.72 Å². The second-order valence-electron chi connectivity index (χ2n) is 6.72. The first-order valence-electron chi connectivity index (χ1n) is 8.58. The van der Waals surface area contributed by atoms with Crippen molar-refractivity contribution in [1.29, 1.82) is 0 Å². The number of nitrogens with zero attached hydrogens (tertiary/aromatic N) is 3. The van der Waals surface area contributed by atoms with Crippen LogP contribution in [0, 0.1) is 6.92 Å². The first kappa shape index (κ1) is 16.2. The average Bonchev–Trinajstić information content (AvgIpc) is 3.03. The van der Waals surface area contributed by atoms with Crippen LogP contribution in [-0.2, 0) is 0 Å². The highest BCUT2D eigenvalue weighted by Gasteiger charge is 2.32. The molecule has 1 aliphatic rings. The van der Waals surface area contributed by atoms with E-state index in [1.54, 1.807) is 6.20 Å². The number of aryl methyl sites for hydroxylation is 1. The minimum atomic E-state index is -0.565. The molecule has 0 bridgehead atoms. The molecular formula is C20H18N4O2. The maximum Gasteiger partial charge on any atom is 0.251 e. The van der Waals surface area contributed by atoms with Gasteiger partial charge in [-0.3, -0.25) is 4.79 Å². The molecule has 0 aliphatic heterocycles. The van der Waals surface area contributed by atoms with E-state index in [4.69, 9.17) is 10.3 Å². The van der Waals surface area contributed by atoms with Crippen LogP contribution in [0.4, 0.5) is 0 Å². The molecular weight excluding hydrogens is 328 g/mol. The summed E-state index contributed by atoms with van der Waals surface area (Å²) in [7, 11) is 0. The first-order valence-corrected chi connectivity index (χ1v) is 8.58. The second-order valence-corrected chi connectivity index (χ2v) is 6.72. The number of carbonyl (C=O) groups excluding carboxylic acids is 1. The zero-order chi connectivity index (χ0) is 18.1. The van der Waals surface area contributed by atoms with Gasteiger partial charge >= 0.3 is 0 Å². The lowest BCUT2D eigenvalue weighted by atomic mass is 9.77. The fourth-order valence-electron chi connectivity index (χ4n) is 3.41. The third kappa shape index (κ3) is 3.03. The van der Waals surface area contributed by atoms with Crippen LogP contribution in [0.3, 0.4) is 0 Å². The topological polar surface area (TPSA) is 90.9 Å². The van der Waals surface area contributed by atoms with Gasteiger partial charge in [-0.15, -0.1) is 0 Å². The molecule has 26 heavy (non-hydrogen) atoms. The SMILES string of the molecule is Cc1ccc(OC2CC(c3ccc4[nH]cc(C(=O)N=[N+]=[N-])c4c3)C2)cc1. The maximum atomic E-state index is 11.9. The fraction of sp³-hybridized carbons (Fsp3) is 0.250. The number of benzene rings is 2. The van der Waals surface area contributed by atoms with E-state index in [9.17, 15) is 4.79 Å². The Morgan fingerprint density at radius 2 is 2.00 bits per heavy atom. The van der Waals surface area contributed by atoms with Crippen molar-refractivity contribution < 1.29 is 9.53 Å². The Balaban J connectivity index is 1.48. The molecule has 1 N–H and O–H groups in total. The Kier molecular flexibility index (Phi) is 4.11. The zero-order valence-electron chi connectivity index (χ0n) is 14.3. The van der Waals surface area contributed by atoms with Crippen molar-refractivity contribution in [2.45, 2.75) is 31.8 Å². The van der Waals surface area contributed by atoms with Crippen molar-refractivity contribution >= 4 is 16.8 Å². The monoisotopic (exact) mass is 346 g/mol. The highest BCUT2D eigenvalue weighted by molar-refractivity contribution is 6.07. The summed E-state index contributed by atoms with van der Waals surface area (Å²) in [5, 5.41) is 3.99. The third-order valence-electron chi connectivity index (χ3n) is 4.96. The second kappa shape index (κ2) is 6.58. The predicted octanol–water partition coefficient (Wildman–Crippen LogP) is 5.25. The summed E-state index contributed by atoms with van der Waals surface area (Å²) in [6, 6.07) is 14.2. The number of carbonyl (C=O) groups is 1. The number of aromatic nitrogens is 1. The number of fused-ring (bicyclic) bond motifs is 1. The number of ether oxygens (including phenoxy) is 1. The van der Waals surface area contributed by atoms with Crippen molar-refractivity contribution in [2.24, 2.45) is 5.11 Å². The van der Waals surface area contributed by atoms with Crippen molar-refractivity contribution in [3.05, 3.63) is 75.8 Å². The predicted molar refractivity (Wildman–Crippen MR) is 99.3 cm³/mol. The lowest BCUT2D eigenvalue weighted by Crippen LogP contribution is -2.32. The minimum absolute atomic E-state index is 0.217. The first-order chi connectivity index (χ1) is 12.6. The van der Waals surface area contributed by atoms with E-state index in [0.717, 1.165) is 29.5 Å². The van der Waals surface area contributed by atoms with Gasteiger partial charge in [0.05, 0.1) is 6.10 Å². The molecule has 130 valence electrons. The number of H-pyrrole nitrogens is 1. The highest BCUT2D eigenvalue weighted by atomic mass is 16.5. The molecule has 0 spiro atoms. The molecule has 1 fully saturated rings. The van der Waals surface area contributed by atoms with Gasteiger partial charge in [-0.25, -0.2) is 0 Å². The third-order valence-corrected chi connectivity index (χ3v) is 4.96. The standard InChI is InChI=1S/C20H18N4O2/c1-12-2-5-15(6-3-12)26-16-8-14(9-16)13-4-7-19-17(10-13)18(11-22-19)20(25)23-24-21/h2-7,10-11,14,16,22H,8-9H2,1H3. The van der Waals surface area contributed by atoms with Crippen LogP contribution in [0.2, 0.25) is 0 Å². The molecule has 4 rings (SSSR count). The van der Waals surface area contributed by atoms with Gasteiger partial charge in [0.1, 0.15) is 5.75 Å². The number of nitrogens with one attached hydrogen (secondary N) is 1. The van der Waals surface area contributed by atoms with Crippen LogP contribution >= 0.6 is 0 Å². The molecule has 1 aromatic heterocycles. The molecule has 2 aromatic carbocycles. The molecule has 0 saturated heterocycles. The van der Waals surface area contributed by atoms with Gasteiger partial charge in [0, 0.05) is 27.6 Å². The average molecular weight is 346 g/mol. The fourth-order valence-corrected chi connectivity index (χ4v) is 3.41. The summed E-state index contributed by atoms with van der Waals surface area (Å²) in [4.78, 5) is 17.5. The number of hydrogen-bond acceptors (Lipinski definition) is 2. The van der Waals surface area contributed by atoms with E-state index in [2.05, 4.69) is 28.0 Å². The molecule has 0 atom stereocenters. The molecule has 6 heteroatoms. The molecule has 0 unspecified atom stereocenters. The van der Waals surface area contributed by atoms with Crippen LogP contribution in [-0.4, -0.2) is 17.0 Å². The molecule has 1 saturated carbocycles. The Morgan fingerprint density at radius 3 is 2.73 bits per heavy atom. The molecule has 3 aromatic rings. The number of hydrogen-bond donors (Lipinski definition) is 1. The van der Waals surface area contributed by atoms with Crippen LogP contribution in [0.5, 0.6) is 5.75 Å². The smallest absolute Gasteiger partial charge is 0.251 e. The van der Waals surface area contributed by atoms with Gasteiger partial charge in [-0.1, -0.05) is 23.8 Å². The largest absolute Gasteiger partial charge is 0.490 e. The van der Waals surface area contributed by atoms with E-state index >= 15 is 0 Å². The molecule has 6 nitrogen and oxygen atoms in total. The van der Waals surface area contributed by atoms with Crippen molar-refractivity contribution in [1.82, 2.24) is 4.98 Å². The van der Waals surface area contributed by atoms with E-state index < -0.39 is 5.91 Å². The quantitative estimate of drug-likeness (QED) is 0.397. The maximum absolute atomic E-state index is 11.9. The Hall–Kier alpha value is -3.24. The molecule has 1 heterocycles. The van der Waals surface area contributed by atoms with Gasteiger partial charge in [0.15, 0.2) is 0 Å². The molecule has 0 radical (unpaired) electrons. The van der Waals surface area contributed by atoms with Gasteiger partial charge in [0.2, 0.25) is 0 Å². The van der Waals surface area contributed by atoms with E-state index in [-0.39, 0.29) is 6.10 Å². The summed E-state index contributed by atoms with van der Waals surface area (Å²) in [5.41, 5.74) is 12.1. The Bertz CT molecular complexity index is 1010. The van der Waals surface area contributed by atoms with Gasteiger partial charge in [0.25, 0.3) is 5.91 Å². The van der Waals surface area contributed by atoms with Crippen LogP contribution in [0.1, 0.15) is 40.2 Å². The number of amides is 1. The normalized spacial score (nSPS) is 18.8. The number of rotatable bonds is 4. The Morgan fingerprint density at radius 1 is 1.23 bits per heavy atom. The van der Waals surface area contributed by atoms with Crippen molar-refractivity contribution in [3.8, 4) is 5.75 Å². The molecule has 1 amide bonds. The van der Waals surface area contributed by atoms with Gasteiger partial charge in [-0.05, 0) is 66.2 Å². The van der Waals surface area contributed by atoms with E-state index in [1.165, 1.54) is 11.1 Å². The van der Waals surface area contributed by atoms with E-state index in [0.29, 0.717) is 11.5 Å². The zero-order valence-corrected chi connectivity index (χ0v) is 14.3. The van der Waals surface area contributed by atoms with Crippen molar-refractivity contribution in [2.75, 3.05) is 0 Å². The lowest BCUT2D eigenvalue weighted by Gasteiger charge is -2.35. The Labute approximate surface area is 150 Å².